The molecule has 0 amide bonds. The number of aliphatic hydroxyl groups excluding tert-OH is 1. The number of rotatable bonds is 4. The average molecular weight is 272 g/mol. The largest absolute Gasteiger partial charge is 0.394 e. The molecule has 0 saturated heterocycles. The summed E-state index contributed by atoms with van der Waals surface area (Å²) in [5.74, 6) is 0.795. The lowest BCUT2D eigenvalue weighted by Crippen LogP contribution is -2.50. The van der Waals surface area contributed by atoms with Gasteiger partial charge < -0.3 is 15.4 Å². The number of aromatic amines is 1. The number of aromatic nitrogens is 1. The fraction of sp³-hybridized carbons (Fsp3) is 0.529. The average Bonchev–Trinajstić information content (AvgIpc) is 2.96. The molecule has 0 radical (unpaired) electrons. The zero-order valence-electron chi connectivity index (χ0n) is 12.2. The molecule has 108 valence electrons. The third-order valence-corrected chi connectivity index (χ3v) is 4.86. The Morgan fingerprint density at radius 2 is 2.10 bits per heavy atom. The van der Waals surface area contributed by atoms with E-state index in [1.807, 2.05) is 6.20 Å². The van der Waals surface area contributed by atoms with Crippen molar-refractivity contribution in [2.75, 3.05) is 6.61 Å². The molecule has 3 N–H and O–H groups in total. The number of hydrogen-bond donors (Lipinski definition) is 3. The van der Waals surface area contributed by atoms with E-state index in [0.717, 1.165) is 25.3 Å². The molecule has 0 bridgehead atoms. The Bertz CT molecular complexity index is 567. The van der Waals surface area contributed by atoms with Gasteiger partial charge in [-0.05, 0) is 48.6 Å². The lowest BCUT2D eigenvalue weighted by atomic mass is 9.77. The molecule has 1 fully saturated rings. The summed E-state index contributed by atoms with van der Waals surface area (Å²) < 4.78 is 0. The van der Waals surface area contributed by atoms with Crippen LogP contribution < -0.4 is 5.32 Å². The predicted octanol–water partition coefficient (Wildman–Crippen LogP) is 3.20. The first-order chi connectivity index (χ1) is 9.72. The van der Waals surface area contributed by atoms with E-state index in [4.69, 9.17) is 0 Å². The van der Waals surface area contributed by atoms with E-state index in [1.54, 1.807) is 0 Å². The maximum atomic E-state index is 9.81. The van der Waals surface area contributed by atoms with Gasteiger partial charge in [0.15, 0.2) is 0 Å². The van der Waals surface area contributed by atoms with Crippen molar-refractivity contribution in [2.45, 2.75) is 44.7 Å². The zero-order valence-corrected chi connectivity index (χ0v) is 12.2. The highest BCUT2D eigenvalue weighted by Crippen LogP contribution is 2.32. The second-order valence-electron chi connectivity index (χ2n) is 6.33. The summed E-state index contributed by atoms with van der Waals surface area (Å²) in [6.45, 7) is 3.36. The highest BCUT2D eigenvalue weighted by atomic mass is 16.3. The van der Waals surface area contributed by atoms with Crippen LogP contribution in [-0.4, -0.2) is 22.2 Å². The van der Waals surface area contributed by atoms with E-state index in [0.29, 0.717) is 0 Å². The van der Waals surface area contributed by atoms with Crippen molar-refractivity contribution in [1.29, 1.82) is 0 Å². The molecular formula is C17H24N2O. The van der Waals surface area contributed by atoms with Gasteiger partial charge in [0.2, 0.25) is 0 Å². The van der Waals surface area contributed by atoms with Crippen molar-refractivity contribution in [2.24, 2.45) is 5.92 Å². The minimum Gasteiger partial charge on any atom is -0.394 e. The van der Waals surface area contributed by atoms with E-state index in [2.05, 4.69) is 41.5 Å². The minimum atomic E-state index is -0.0821. The maximum Gasteiger partial charge on any atom is 0.0613 e. The van der Waals surface area contributed by atoms with Crippen molar-refractivity contribution in [3.8, 4) is 0 Å². The number of hydrogen-bond acceptors (Lipinski definition) is 2. The van der Waals surface area contributed by atoms with Gasteiger partial charge in [0.1, 0.15) is 0 Å². The maximum absolute atomic E-state index is 9.81. The molecule has 0 unspecified atom stereocenters. The molecule has 1 saturated carbocycles. The molecule has 0 spiro atoms. The molecule has 1 aliphatic rings. The summed E-state index contributed by atoms with van der Waals surface area (Å²) in [7, 11) is 0. The molecule has 20 heavy (non-hydrogen) atoms. The summed E-state index contributed by atoms with van der Waals surface area (Å²) in [4.78, 5) is 3.31. The second-order valence-corrected chi connectivity index (χ2v) is 6.33. The van der Waals surface area contributed by atoms with Gasteiger partial charge in [-0.25, -0.2) is 0 Å². The van der Waals surface area contributed by atoms with Crippen molar-refractivity contribution in [3.63, 3.8) is 0 Å². The van der Waals surface area contributed by atoms with Crippen LogP contribution >= 0.6 is 0 Å². The second kappa shape index (κ2) is 5.58. The van der Waals surface area contributed by atoms with Crippen LogP contribution in [0.15, 0.2) is 30.5 Å². The fourth-order valence-corrected chi connectivity index (χ4v) is 3.29. The number of H-pyrrole nitrogens is 1. The Morgan fingerprint density at radius 1 is 1.30 bits per heavy atom. The topological polar surface area (TPSA) is 48.0 Å². The van der Waals surface area contributed by atoms with Gasteiger partial charge in [0.05, 0.1) is 6.61 Å². The van der Waals surface area contributed by atoms with E-state index < -0.39 is 0 Å². The van der Waals surface area contributed by atoms with Crippen LogP contribution in [0.4, 0.5) is 0 Å². The van der Waals surface area contributed by atoms with E-state index in [1.165, 1.54) is 29.3 Å². The zero-order chi connectivity index (χ0) is 14.0. The molecule has 2 aromatic rings. The lowest BCUT2D eigenvalue weighted by molar-refractivity contribution is 0.104. The Labute approximate surface area is 120 Å². The van der Waals surface area contributed by atoms with Gasteiger partial charge in [-0.2, -0.15) is 0 Å². The van der Waals surface area contributed by atoms with Crippen LogP contribution in [0.1, 0.15) is 38.2 Å². The lowest BCUT2D eigenvalue weighted by Gasteiger charge is -2.39. The van der Waals surface area contributed by atoms with Crippen LogP contribution in [-0.2, 0) is 6.54 Å². The van der Waals surface area contributed by atoms with Gasteiger partial charge >= 0.3 is 0 Å². The summed E-state index contributed by atoms with van der Waals surface area (Å²) >= 11 is 0. The highest BCUT2D eigenvalue weighted by molar-refractivity contribution is 5.82. The van der Waals surface area contributed by atoms with Crippen molar-refractivity contribution < 1.29 is 5.11 Å². The van der Waals surface area contributed by atoms with E-state index in [-0.39, 0.29) is 12.1 Å². The van der Waals surface area contributed by atoms with Gasteiger partial charge in [-0.15, -0.1) is 0 Å². The molecule has 1 heterocycles. The smallest absolute Gasteiger partial charge is 0.0613 e. The molecular weight excluding hydrogens is 248 g/mol. The summed E-state index contributed by atoms with van der Waals surface area (Å²) in [6.07, 6.45) is 6.55. The molecule has 0 atom stereocenters. The Morgan fingerprint density at radius 3 is 2.85 bits per heavy atom. The first kappa shape index (κ1) is 13.7. The first-order valence-electron chi connectivity index (χ1n) is 7.63. The SMILES string of the molecule is CC1CCC(CO)(NCc2cccc3cc[nH]c23)CC1. The van der Waals surface area contributed by atoms with Gasteiger partial charge in [-0.3, -0.25) is 0 Å². The van der Waals surface area contributed by atoms with Crippen LogP contribution in [0.2, 0.25) is 0 Å². The first-order valence-corrected chi connectivity index (χ1v) is 7.63. The minimum absolute atomic E-state index is 0.0821. The summed E-state index contributed by atoms with van der Waals surface area (Å²) in [5, 5.41) is 14.7. The fourth-order valence-electron chi connectivity index (χ4n) is 3.29. The van der Waals surface area contributed by atoms with Gasteiger partial charge in [0.25, 0.3) is 0 Å². The third kappa shape index (κ3) is 2.60. The van der Waals surface area contributed by atoms with Crippen LogP contribution in [0.25, 0.3) is 10.9 Å². The number of benzene rings is 1. The van der Waals surface area contributed by atoms with Crippen molar-refractivity contribution in [1.82, 2.24) is 10.3 Å². The summed E-state index contributed by atoms with van der Waals surface area (Å²) in [5.41, 5.74) is 2.40. The Kier molecular flexibility index (Phi) is 3.81. The molecule has 3 rings (SSSR count). The third-order valence-electron chi connectivity index (χ3n) is 4.86. The molecule has 1 aliphatic carbocycles. The Hall–Kier alpha value is -1.32. The monoisotopic (exact) mass is 272 g/mol. The highest BCUT2D eigenvalue weighted by Gasteiger charge is 2.33. The molecule has 1 aromatic carbocycles. The van der Waals surface area contributed by atoms with Gasteiger partial charge in [-0.1, -0.05) is 25.1 Å². The van der Waals surface area contributed by atoms with Crippen LogP contribution in [0, 0.1) is 5.92 Å². The van der Waals surface area contributed by atoms with Crippen LogP contribution in [0.5, 0.6) is 0 Å². The Balaban J connectivity index is 1.73. The van der Waals surface area contributed by atoms with E-state index >= 15 is 0 Å². The van der Waals surface area contributed by atoms with Gasteiger partial charge in [0, 0.05) is 23.8 Å². The number of aliphatic hydroxyl groups is 1. The molecule has 3 nitrogen and oxygen atoms in total. The van der Waals surface area contributed by atoms with E-state index in [9.17, 15) is 5.11 Å². The van der Waals surface area contributed by atoms with Crippen molar-refractivity contribution >= 4 is 10.9 Å². The number of para-hydroxylation sites is 1. The molecule has 1 aromatic heterocycles. The summed E-state index contributed by atoms with van der Waals surface area (Å²) in [6, 6.07) is 8.48. The van der Waals surface area contributed by atoms with Crippen molar-refractivity contribution in [3.05, 3.63) is 36.0 Å². The van der Waals surface area contributed by atoms with Crippen LogP contribution in [0.3, 0.4) is 0 Å². The standard InChI is InChI=1S/C17H24N2O/c1-13-5-8-17(12-20,9-6-13)19-11-15-4-2-3-14-7-10-18-16(14)15/h2-4,7,10,13,18-20H,5-6,8-9,11-12H2,1H3. The molecule has 3 heteroatoms. The predicted molar refractivity (Wildman–Crippen MR) is 82.6 cm³/mol. The molecule has 0 aliphatic heterocycles. The number of fused-ring (bicyclic) bond motifs is 1. The normalized spacial score (nSPS) is 27.0. The quantitative estimate of drug-likeness (QED) is 0.800. The number of nitrogens with one attached hydrogen (secondary N) is 2.